The first-order chi connectivity index (χ1) is 11.0. The van der Waals surface area contributed by atoms with Gasteiger partial charge in [-0.2, -0.15) is 5.10 Å². The lowest BCUT2D eigenvalue weighted by molar-refractivity contribution is -0.384. The fraction of sp³-hybridized carbons (Fsp3) is 0.0667. The van der Waals surface area contributed by atoms with Gasteiger partial charge in [0.05, 0.1) is 10.4 Å². The number of fused-ring (bicyclic) bond motifs is 1. The molecule has 3 aromatic rings. The molecule has 0 spiro atoms. The second-order valence-electron chi connectivity index (χ2n) is 4.98. The lowest BCUT2D eigenvalue weighted by Crippen LogP contribution is -2.12. The van der Waals surface area contributed by atoms with E-state index in [0.717, 1.165) is 5.56 Å². The quantitative estimate of drug-likeness (QED) is 0.565. The minimum atomic E-state index is -0.520. The molecule has 7 nitrogen and oxygen atoms in total. The summed E-state index contributed by atoms with van der Waals surface area (Å²) in [4.78, 5) is 22.7. The summed E-state index contributed by atoms with van der Waals surface area (Å²) in [5.41, 5.74) is 1.94. The zero-order valence-electron chi connectivity index (χ0n) is 12.0. The third-order valence-electron chi connectivity index (χ3n) is 3.40. The first kappa shape index (κ1) is 15.0. The van der Waals surface area contributed by atoms with Crippen LogP contribution in [-0.4, -0.2) is 21.0 Å². The van der Waals surface area contributed by atoms with E-state index in [1.807, 2.05) is 6.92 Å². The number of aromatic amines is 1. The van der Waals surface area contributed by atoms with Gasteiger partial charge >= 0.3 is 0 Å². The van der Waals surface area contributed by atoms with Crippen LogP contribution in [0.5, 0.6) is 0 Å². The van der Waals surface area contributed by atoms with E-state index in [4.69, 9.17) is 11.6 Å². The van der Waals surface area contributed by atoms with Crippen LogP contribution >= 0.6 is 11.6 Å². The number of nitro benzene ring substituents is 1. The van der Waals surface area contributed by atoms with Crippen LogP contribution < -0.4 is 5.32 Å². The largest absolute Gasteiger partial charge is 0.321 e. The molecule has 1 heterocycles. The molecule has 2 N–H and O–H groups in total. The normalized spacial score (nSPS) is 10.7. The number of anilines is 1. The first-order valence-electron chi connectivity index (χ1n) is 6.66. The number of halogens is 1. The lowest BCUT2D eigenvalue weighted by Gasteiger charge is -2.05. The van der Waals surface area contributed by atoms with E-state index in [1.165, 1.54) is 18.2 Å². The van der Waals surface area contributed by atoms with Gasteiger partial charge in [-0.3, -0.25) is 20.0 Å². The minimum absolute atomic E-state index is 0.0837. The van der Waals surface area contributed by atoms with Gasteiger partial charge < -0.3 is 5.32 Å². The summed E-state index contributed by atoms with van der Waals surface area (Å²) in [6.07, 6.45) is 0. The van der Waals surface area contributed by atoms with Crippen molar-refractivity contribution in [3.63, 3.8) is 0 Å². The molecule has 2 aromatic carbocycles. The number of rotatable bonds is 3. The van der Waals surface area contributed by atoms with Crippen molar-refractivity contribution in [1.29, 1.82) is 0 Å². The third kappa shape index (κ3) is 2.86. The van der Waals surface area contributed by atoms with Crippen LogP contribution in [0.15, 0.2) is 36.4 Å². The van der Waals surface area contributed by atoms with Crippen molar-refractivity contribution in [2.24, 2.45) is 0 Å². The number of nitro groups is 1. The predicted octanol–water partition coefficient (Wildman–Crippen LogP) is 3.69. The molecule has 0 bridgehead atoms. The average molecular weight is 331 g/mol. The molecule has 0 aliphatic rings. The summed E-state index contributed by atoms with van der Waals surface area (Å²) in [5.74, 6) is -0.475. The number of benzene rings is 2. The topological polar surface area (TPSA) is 101 Å². The second kappa shape index (κ2) is 5.69. The minimum Gasteiger partial charge on any atom is -0.321 e. The maximum atomic E-state index is 12.4. The Morgan fingerprint density at radius 1 is 1.30 bits per heavy atom. The van der Waals surface area contributed by atoms with Crippen LogP contribution in [0.3, 0.4) is 0 Å². The summed E-state index contributed by atoms with van der Waals surface area (Å²) in [7, 11) is 0. The van der Waals surface area contributed by atoms with Crippen LogP contribution in [0.4, 0.5) is 11.4 Å². The number of nitrogens with one attached hydrogen (secondary N) is 2. The number of non-ortho nitro benzene ring substituents is 1. The molecule has 23 heavy (non-hydrogen) atoms. The van der Waals surface area contributed by atoms with Crippen molar-refractivity contribution >= 4 is 39.8 Å². The van der Waals surface area contributed by atoms with E-state index in [0.29, 0.717) is 21.6 Å². The first-order valence-corrected chi connectivity index (χ1v) is 7.03. The molecule has 0 unspecified atom stereocenters. The van der Waals surface area contributed by atoms with Gasteiger partial charge in [-0.15, -0.1) is 0 Å². The molecular weight excluding hydrogens is 320 g/mol. The standard InChI is InChI=1S/C15H11ClN4O3/c1-8-2-3-9(6-12(8)16)17-15(21)14-11-7-10(20(22)23)4-5-13(11)18-19-14/h2-7H,1H3,(H,17,21)(H,18,19). The summed E-state index contributed by atoms with van der Waals surface area (Å²) >= 11 is 6.02. The number of H-pyrrole nitrogens is 1. The number of carbonyl (C=O) groups is 1. The van der Waals surface area contributed by atoms with Crippen LogP contribution in [0.2, 0.25) is 5.02 Å². The number of carbonyl (C=O) groups excluding carboxylic acids is 1. The highest BCUT2D eigenvalue weighted by molar-refractivity contribution is 6.31. The molecule has 0 aliphatic heterocycles. The van der Waals surface area contributed by atoms with Gasteiger partial charge in [0.2, 0.25) is 0 Å². The molecule has 0 atom stereocenters. The number of nitrogens with zero attached hydrogens (tertiary/aromatic N) is 2. The Balaban J connectivity index is 1.95. The van der Waals surface area contributed by atoms with E-state index in [-0.39, 0.29) is 11.4 Å². The SMILES string of the molecule is Cc1ccc(NC(=O)c2n[nH]c3ccc([N+](=O)[O-])cc23)cc1Cl. The summed E-state index contributed by atoms with van der Waals surface area (Å²) in [5, 5.41) is 21.1. The highest BCUT2D eigenvalue weighted by Crippen LogP contribution is 2.24. The van der Waals surface area contributed by atoms with E-state index in [2.05, 4.69) is 15.5 Å². The smallest absolute Gasteiger partial charge is 0.276 e. The number of hydrogen-bond acceptors (Lipinski definition) is 4. The van der Waals surface area contributed by atoms with E-state index < -0.39 is 10.8 Å². The molecular formula is C15H11ClN4O3. The van der Waals surface area contributed by atoms with Gasteiger partial charge in [0.1, 0.15) is 0 Å². The molecule has 8 heteroatoms. The Morgan fingerprint density at radius 3 is 2.78 bits per heavy atom. The summed E-state index contributed by atoms with van der Waals surface area (Å²) in [6, 6.07) is 9.31. The fourth-order valence-electron chi connectivity index (χ4n) is 2.15. The van der Waals surface area contributed by atoms with E-state index in [9.17, 15) is 14.9 Å². The number of aromatic nitrogens is 2. The van der Waals surface area contributed by atoms with Crippen LogP contribution in [0, 0.1) is 17.0 Å². The van der Waals surface area contributed by atoms with Gasteiger partial charge in [0.25, 0.3) is 11.6 Å². The molecule has 0 radical (unpaired) electrons. The Hall–Kier alpha value is -2.93. The Labute approximate surface area is 135 Å². The van der Waals surface area contributed by atoms with Crippen molar-refractivity contribution in [2.75, 3.05) is 5.32 Å². The summed E-state index contributed by atoms with van der Waals surface area (Å²) < 4.78 is 0. The zero-order chi connectivity index (χ0) is 16.6. The molecule has 0 fully saturated rings. The molecule has 0 saturated carbocycles. The molecule has 1 amide bonds. The van der Waals surface area contributed by atoms with Gasteiger partial charge in [-0.05, 0) is 30.7 Å². The zero-order valence-corrected chi connectivity index (χ0v) is 12.7. The van der Waals surface area contributed by atoms with Gasteiger partial charge in [0, 0.05) is 28.2 Å². The Morgan fingerprint density at radius 2 is 2.09 bits per heavy atom. The van der Waals surface area contributed by atoms with Crippen molar-refractivity contribution in [1.82, 2.24) is 10.2 Å². The lowest BCUT2D eigenvalue weighted by atomic mass is 10.1. The van der Waals surface area contributed by atoms with Crippen molar-refractivity contribution in [2.45, 2.75) is 6.92 Å². The molecule has 116 valence electrons. The van der Waals surface area contributed by atoms with Crippen molar-refractivity contribution in [3.8, 4) is 0 Å². The van der Waals surface area contributed by atoms with Gasteiger partial charge in [-0.25, -0.2) is 0 Å². The van der Waals surface area contributed by atoms with Crippen LogP contribution in [-0.2, 0) is 0 Å². The van der Waals surface area contributed by atoms with Crippen LogP contribution in [0.1, 0.15) is 16.1 Å². The molecule has 3 rings (SSSR count). The van der Waals surface area contributed by atoms with Gasteiger partial charge in [-0.1, -0.05) is 17.7 Å². The maximum Gasteiger partial charge on any atom is 0.276 e. The number of amides is 1. The average Bonchev–Trinajstić information content (AvgIpc) is 2.94. The van der Waals surface area contributed by atoms with Crippen molar-refractivity contribution < 1.29 is 9.72 Å². The van der Waals surface area contributed by atoms with Gasteiger partial charge in [0.15, 0.2) is 5.69 Å². The monoisotopic (exact) mass is 330 g/mol. The maximum absolute atomic E-state index is 12.4. The fourth-order valence-corrected chi connectivity index (χ4v) is 2.33. The molecule has 0 aliphatic carbocycles. The van der Waals surface area contributed by atoms with E-state index >= 15 is 0 Å². The molecule has 0 saturated heterocycles. The number of hydrogen-bond donors (Lipinski definition) is 2. The third-order valence-corrected chi connectivity index (χ3v) is 3.81. The predicted molar refractivity (Wildman–Crippen MR) is 86.9 cm³/mol. The Bertz CT molecular complexity index is 936. The van der Waals surface area contributed by atoms with Crippen molar-refractivity contribution in [3.05, 3.63) is 62.8 Å². The Kier molecular flexibility index (Phi) is 3.71. The van der Waals surface area contributed by atoms with E-state index in [1.54, 1.807) is 18.2 Å². The molecule has 1 aromatic heterocycles. The highest BCUT2D eigenvalue weighted by Gasteiger charge is 2.17. The highest BCUT2D eigenvalue weighted by atomic mass is 35.5. The number of aryl methyl sites for hydroxylation is 1. The summed E-state index contributed by atoms with van der Waals surface area (Å²) in [6.45, 7) is 1.86. The second-order valence-corrected chi connectivity index (χ2v) is 5.38. The van der Waals surface area contributed by atoms with Crippen LogP contribution in [0.25, 0.3) is 10.9 Å².